The van der Waals surface area contributed by atoms with Gasteiger partial charge >= 0.3 is 5.69 Å². The van der Waals surface area contributed by atoms with Crippen molar-refractivity contribution in [3.63, 3.8) is 0 Å². The second kappa shape index (κ2) is 5.85. The molecule has 4 aliphatic rings. The van der Waals surface area contributed by atoms with E-state index in [1.54, 1.807) is 0 Å². The average molecular weight is 387 g/mol. The number of aromatic amines is 2. The number of hydrogen-bond acceptors (Lipinski definition) is 2. The van der Waals surface area contributed by atoms with Gasteiger partial charge < -0.3 is 15.3 Å². The number of carbonyl (C=O) groups is 1. The molecule has 5 nitrogen and oxygen atoms in total. The number of benzene rings is 2. The maximum absolute atomic E-state index is 13.6. The number of hydrogen-bond donors (Lipinski definition) is 3. The van der Waals surface area contributed by atoms with Crippen LogP contribution in [0, 0.1) is 17.3 Å². The molecule has 1 amide bonds. The molecule has 0 unspecified atom stereocenters. The van der Waals surface area contributed by atoms with Gasteiger partial charge in [-0.3, -0.25) is 4.79 Å². The van der Waals surface area contributed by atoms with Crippen molar-refractivity contribution in [1.29, 1.82) is 0 Å². The van der Waals surface area contributed by atoms with Crippen molar-refractivity contribution in [2.24, 2.45) is 17.3 Å². The first kappa shape index (κ1) is 17.1. The Hall–Kier alpha value is -2.82. The Morgan fingerprint density at radius 1 is 0.931 bits per heavy atom. The minimum absolute atomic E-state index is 0.151. The van der Waals surface area contributed by atoms with E-state index in [0.717, 1.165) is 36.0 Å². The summed E-state index contributed by atoms with van der Waals surface area (Å²) in [5.41, 5.74) is 3.29. The molecule has 5 heteroatoms. The number of anilines is 1. The van der Waals surface area contributed by atoms with Crippen molar-refractivity contribution in [3.05, 3.63) is 64.6 Å². The van der Waals surface area contributed by atoms with Gasteiger partial charge in [0, 0.05) is 5.69 Å². The van der Waals surface area contributed by atoms with Crippen LogP contribution in [0.4, 0.5) is 5.69 Å². The number of amides is 1. The summed E-state index contributed by atoms with van der Waals surface area (Å²) in [6.07, 6.45) is 6.69. The Morgan fingerprint density at radius 2 is 1.66 bits per heavy atom. The van der Waals surface area contributed by atoms with E-state index in [0.29, 0.717) is 11.8 Å². The highest BCUT2D eigenvalue weighted by Crippen LogP contribution is 2.65. The van der Waals surface area contributed by atoms with E-state index in [1.165, 1.54) is 24.8 Å². The average Bonchev–Trinajstić information content (AvgIpc) is 3.07. The second-order valence-corrected chi connectivity index (χ2v) is 9.68. The van der Waals surface area contributed by atoms with E-state index in [-0.39, 0.29) is 22.4 Å². The van der Waals surface area contributed by atoms with Crippen LogP contribution < -0.4 is 11.0 Å². The first-order valence-corrected chi connectivity index (χ1v) is 10.6. The van der Waals surface area contributed by atoms with Crippen LogP contribution in [0.2, 0.25) is 0 Å². The van der Waals surface area contributed by atoms with Gasteiger partial charge in [0.1, 0.15) is 0 Å². The Morgan fingerprint density at radius 3 is 2.41 bits per heavy atom. The van der Waals surface area contributed by atoms with Crippen molar-refractivity contribution < 1.29 is 4.79 Å². The van der Waals surface area contributed by atoms with Crippen LogP contribution in [-0.2, 0) is 10.2 Å². The van der Waals surface area contributed by atoms with Gasteiger partial charge in [-0.25, -0.2) is 4.79 Å². The summed E-state index contributed by atoms with van der Waals surface area (Å²) in [7, 11) is 0. The lowest BCUT2D eigenvalue weighted by Gasteiger charge is -2.61. The molecule has 0 radical (unpaired) electrons. The molecule has 29 heavy (non-hydrogen) atoms. The SMILES string of the molecule is O=C(Nc1ccc2[nH]c(=O)[nH]c2c1)C12C[C@H]3C[C@H](C1)CC(c1ccccc1)(C3)C2. The maximum atomic E-state index is 13.6. The van der Waals surface area contributed by atoms with Gasteiger partial charge in [-0.1, -0.05) is 30.3 Å². The standard InChI is InChI=1S/C24H25N3O2/c28-21(25-18-6-7-19-20(9-18)27-22(29)26-19)24-12-15-8-16(13-24)11-23(10-15,14-24)17-4-2-1-3-5-17/h1-7,9,15-16H,8,10-14H2,(H,25,28)(H2,26,27,29)/t15-,16-,23?,24?/m0/s1. The van der Waals surface area contributed by atoms with Gasteiger partial charge in [-0.2, -0.15) is 0 Å². The minimum atomic E-state index is -0.277. The lowest BCUT2D eigenvalue weighted by Crippen LogP contribution is -2.57. The molecule has 4 saturated carbocycles. The molecular weight excluding hydrogens is 362 g/mol. The van der Waals surface area contributed by atoms with Crippen molar-refractivity contribution in [3.8, 4) is 0 Å². The number of carbonyl (C=O) groups excluding carboxylic acids is 1. The van der Waals surface area contributed by atoms with Gasteiger partial charge in [0.25, 0.3) is 0 Å². The van der Waals surface area contributed by atoms with Crippen LogP contribution in [0.5, 0.6) is 0 Å². The summed E-state index contributed by atoms with van der Waals surface area (Å²) in [6, 6.07) is 16.4. The Kier molecular flexibility index (Phi) is 3.44. The minimum Gasteiger partial charge on any atom is -0.326 e. The number of fused-ring (bicyclic) bond motifs is 1. The molecule has 3 N–H and O–H groups in total. The Bertz CT molecular complexity index is 1150. The van der Waals surface area contributed by atoms with E-state index < -0.39 is 0 Å². The number of aromatic nitrogens is 2. The zero-order chi connectivity index (χ0) is 19.6. The second-order valence-electron chi connectivity index (χ2n) is 9.68. The first-order chi connectivity index (χ1) is 14.0. The highest BCUT2D eigenvalue weighted by molar-refractivity contribution is 5.97. The van der Waals surface area contributed by atoms with Crippen LogP contribution in [0.15, 0.2) is 53.3 Å². The molecule has 2 atom stereocenters. The number of imidazole rings is 1. The van der Waals surface area contributed by atoms with E-state index in [1.807, 2.05) is 18.2 Å². The van der Waals surface area contributed by atoms with Crippen molar-refractivity contribution in [1.82, 2.24) is 9.97 Å². The molecule has 148 valence electrons. The van der Waals surface area contributed by atoms with E-state index in [2.05, 4.69) is 45.6 Å². The van der Waals surface area contributed by atoms with Gasteiger partial charge in [0.15, 0.2) is 0 Å². The van der Waals surface area contributed by atoms with Crippen LogP contribution in [0.3, 0.4) is 0 Å². The van der Waals surface area contributed by atoms with Crippen molar-refractivity contribution >= 4 is 22.6 Å². The number of nitrogens with one attached hydrogen (secondary N) is 3. The van der Waals surface area contributed by atoms with Crippen LogP contribution >= 0.6 is 0 Å². The van der Waals surface area contributed by atoms with Crippen LogP contribution in [-0.4, -0.2) is 15.9 Å². The molecule has 1 heterocycles. The summed E-state index contributed by atoms with van der Waals surface area (Å²) >= 11 is 0. The van der Waals surface area contributed by atoms with Crippen LogP contribution in [0.1, 0.15) is 44.1 Å². The third-order valence-corrected chi connectivity index (χ3v) is 7.70. The molecule has 1 aromatic heterocycles. The van der Waals surface area contributed by atoms with E-state index in [9.17, 15) is 9.59 Å². The summed E-state index contributed by atoms with van der Waals surface area (Å²) in [5.74, 6) is 1.44. The normalized spacial score (nSPS) is 32.6. The quantitative estimate of drug-likeness (QED) is 0.625. The molecule has 0 spiro atoms. The molecule has 2 aromatic carbocycles. The molecule has 0 aliphatic heterocycles. The fourth-order valence-electron chi connectivity index (χ4n) is 7.03. The van der Waals surface area contributed by atoms with E-state index in [4.69, 9.17) is 0 Å². The lowest BCUT2D eigenvalue weighted by molar-refractivity contribution is -0.143. The van der Waals surface area contributed by atoms with Crippen molar-refractivity contribution in [2.75, 3.05) is 5.32 Å². The smallest absolute Gasteiger partial charge is 0.323 e. The topological polar surface area (TPSA) is 77.8 Å². The van der Waals surface area contributed by atoms with Gasteiger partial charge in [0.2, 0.25) is 5.91 Å². The first-order valence-electron chi connectivity index (χ1n) is 10.6. The zero-order valence-electron chi connectivity index (χ0n) is 16.3. The molecule has 7 rings (SSSR count). The predicted molar refractivity (Wildman–Crippen MR) is 113 cm³/mol. The third-order valence-electron chi connectivity index (χ3n) is 7.70. The number of H-pyrrole nitrogens is 2. The summed E-state index contributed by atoms with van der Waals surface area (Å²) in [5, 5.41) is 3.19. The lowest BCUT2D eigenvalue weighted by atomic mass is 9.42. The Balaban J connectivity index is 1.33. The van der Waals surface area contributed by atoms with Gasteiger partial charge in [0.05, 0.1) is 16.4 Å². The fraction of sp³-hybridized carbons (Fsp3) is 0.417. The largest absolute Gasteiger partial charge is 0.326 e. The van der Waals surface area contributed by atoms with Crippen molar-refractivity contribution in [2.45, 2.75) is 43.9 Å². The fourth-order valence-corrected chi connectivity index (χ4v) is 7.03. The van der Waals surface area contributed by atoms with Gasteiger partial charge in [-0.05, 0) is 79.5 Å². The van der Waals surface area contributed by atoms with E-state index >= 15 is 0 Å². The summed E-state index contributed by atoms with van der Waals surface area (Å²) in [6.45, 7) is 0. The molecule has 0 saturated heterocycles. The molecule has 4 bridgehead atoms. The third kappa shape index (κ3) is 2.60. The molecule has 3 aromatic rings. The predicted octanol–water partition coefficient (Wildman–Crippen LogP) is 4.33. The molecular formula is C24H25N3O2. The number of rotatable bonds is 3. The monoisotopic (exact) mass is 387 g/mol. The Labute approximate surface area is 168 Å². The maximum Gasteiger partial charge on any atom is 0.323 e. The zero-order valence-corrected chi connectivity index (χ0v) is 16.3. The van der Waals surface area contributed by atoms with Gasteiger partial charge in [-0.15, -0.1) is 0 Å². The molecule has 4 aliphatic carbocycles. The highest BCUT2D eigenvalue weighted by Gasteiger charge is 2.60. The summed E-state index contributed by atoms with van der Waals surface area (Å²) in [4.78, 5) is 30.6. The molecule has 4 fully saturated rings. The highest BCUT2D eigenvalue weighted by atomic mass is 16.2. The van der Waals surface area contributed by atoms with Crippen LogP contribution in [0.25, 0.3) is 11.0 Å². The summed E-state index contributed by atoms with van der Waals surface area (Å²) < 4.78 is 0.